The van der Waals surface area contributed by atoms with Gasteiger partial charge in [-0.15, -0.1) is 0 Å². The molecule has 0 radical (unpaired) electrons. The number of carbonyl (C=O) groups is 1. The zero-order chi connectivity index (χ0) is 22.6. The lowest BCUT2D eigenvalue weighted by Crippen LogP contribution is -2.26. The van der Waals surface area contributed by atoms with Crippen molar-refractivity contribution >= 4 is 37.8 Å². The SMILES string of the molecule is CCOC(=O)C1=C(C)OC(N)=C(C#N)C1c1cc(OCC)c(OC(C)C)c(Br)c1Br. The molecular weight excluding hydrogens is 520 g/mol. The van der Waals surface area contributed by atoms with Gasteiger partial charge in [-0.25, -0.2) is 4.79 Å². The highest BCUT2D eigenvalue weighted by Gasteiger charge is 2.38. The number of hydrogen-bond acceptors (Lipinski definition) is 7. The topological polar surface area (TPSA) is 104 Å². The summed E-state index contributed by atoms with van der Waals surface area (Å²) in [4.78, 5) is 12.8. The number of ether oxygens (including phenoxy) is 4. The number of benzene rings is 1. The molecule has 1 heterocycles. The van der Waals surface area contributed by atoms with Crippen molar-refractivity contribution in [3.05, 3.63) is 43.4 Å². The Kier molecular flexibility index (Phi) is 8.21. The van der Waals surface area contributed by atoms with Gasteiger partial charge in [0.15, 0.2) is 11.5 Å². The maximum atomic E-state index is 12.8. The number of esters is 1. The van der Waals surface area contributed by atoms with Crippen LogP contribution in [0.4, 0.5) is 0 Å². The van der Waals surface area contributed by atoms with Crippen molar-refractivity contribution in [2.45, 2.75) is 46.6 Å². The van der Waals surface area contributed by atoms with Gasteiger partial charge in [0.05, 0.1) is 35.3 Å². The molecule has 0 aliphatic carbocycles. The van der Waals surface area contributed by atoms with Gasteiger partial charge in [0, 0.05) is 4.47 Å². The minimum atomic E-state index is -0.805. The summed E-state index contributed by atoms with van der Waals surface area (Å²) in [6.45, 7) is 9.58. The maximum absolute atomic E-state index is 12.8. The van der Waals surface area contributed by atoms with Crippen molar-refractivity contribution in [3.63, 3.8) is 0 Å². The van der Waals surface area contributed by atoms with Crippen LogP contribution in [0.15, 0.2) is 37.8 Å². The third-order valence-corrected chi connectivity index (χ3v) is 6.36. The van der Waals surface area contributed by atoms with Crippen LogP contribution in [-0.4, -0.2) is 25.3 Å². The number of allylic oxidation sites excluding steroid dienone is 2. The molecular formula is C21H24Br2N2O5. The summed E-state index contributed by atoms with van der Waals surface area (Å²) in [5, 5.41) is 9.79. The Labute approximate surface area is 193 Å². The number of hydrogen-bond donors (Lipinski definition) is 1. The molecule has 7 nitrogen and oxygen atoms in total. The molecule has 0 amide bonds. The molecule has 162 valence electrons. The van der Waals surface area contributed by atoms with E-state index >= 15 is 0 Å². The molecule has 0 saturated heterocycles. The molecule has 2 rings (SSSR count). The standard InChI is InChI=1S/C21H24Br2N2O5/c1-6-27-14-8-12(17(22)18(23)19(14)29-10(3)4)16-13(9-24)20(25)30-11(5)15(16)21(26)28-7-2/h8,10,16H,6-7,25H2,1-5H3. The largest absolute Gasteiger partial charge is 0.490 e. The average molecular weight is 544 g/mol. The minimum absolute atomic E-state index is 0.0588. The van der Waals surface area contributed by atoms with E-state index in [1.54, 1.807) is 19.9 Å². The number of nitriles is 1. The third kappa shape index (κ3) is 4.76. The Balaban J connectivity index is 2.80. The lowest BCUT2D eigenvalue weighted by molar-refractivity contribution is -0.139. The van der Waals surface area contributed by atoms with Crippen molar-refractivity contribution in [1.82, 2.24) is 0 Å². The lowest BCUT2D eigenvalue weighted by Gasteiger charge is -2.28. The molecule has 1 aliphatic heterocycles. The van der Waals surface area contributed by atoms with Gasteiger partial charge in [0.25, 0.3) is 0 Å². The summed E-state index contributed by atoms with van der Waals surface area (Å²) < 4.78 is 23.6. The van der Waals surface area contributed by atoms with Gasteiger partial charge in [0.2, 0.25) is 5.88 Å². The second-order valence-electron chi connectivity index (χ2n) is 6.64. The van der Waals surface area contributed by atoms with Gasteiger partial charge in [0.1, 0.15) is 17.4 Å². The van der Waals surface area contributed by atoms with Crippen LogP contribution in [0.5, 0.6) is 11.5 Å². The quantitative estimate of drug-likeness (QED) is 0.480. The first-order chi connectivity index (χ1) is 14.2. The summed E-state index contributed by atoms with van der Waals surface area (Å²) in [6, 6.07) is 3.81. The first-order valence-corrected chi connectivity index (χ1v) is 11.0. The van der Waals surface area contributed by atoms with Crippen molar-refractivity contribution in [1.29, 1.82) is 5.26 Å². The first-order valence-electron chi connectivity index (χ1n) is 9.44. The molecule has 1 aromatic carbocycles. The van der Waals surface area contributed by atoms with Crippen LogP contribution in [0.1, 0.15) is 46.1 Å². The summed E-state index contributed by atoms with van der Waals surface area (Å²) in [5.41, 5.74) is 6.89. The molecule has 0 bridgehead atoms. The predicted molar refractivity (Wildman–Crippen MR) is 119 cm³/mol. The zero-order valence-electron chi connectivity index (χ0n) is 17.5. The average Bonchev–Trinajstić information content (AvgIpc) is 2.67. The van der Waals surface area contributed by atoms with Gasteiger partial charge >= 0.3 is 5.97 Å². The van der Waals surface area contributed by atoms with Crippen molar-refractivity contribution in [2.75, 3.05) is 13.2 Å². The molecule has 0 fully saturated rings. The molecule has 0 spiro atoms. The molecule has 1 unspecified atom stereocenters. The van der Waals surface area contributed by atoms with Crippen LogP contribution in [0.2, 0.25) is 0 Å². The molecule has 1 atom stereocenters. The van der Waals surface area contributed by atoms with Crippen LogP contribution in [0, 0.1) is 11.3 Å². The number of carbonyl (C=O) groups excluding carboxylic acids is 1. The van der Waals surface area contributed by atoms with Gasteiger partial charge in [-0.3, -0.25) is 0 Å². The molecule has 0 saturated carbocycles. The summed E-state index contributed by atoms with van der Waals surface area (Å²) in [7, 11) is 0. The summed E-state index contributed by atoms with van der Waals surface area (Å²) in [6.07, 6.45) is -0.0937. The predicted octanol–water partition coefficient (Wildman–Crippen LogP) is 5.04. The van der Waals surface area contributed by atoms with Gasteiger partial charge in [-0.2, -0.15) is 5.26 Å². The van der Waals surface area contributed by atoms with E-state index in [2.05, 4.69) is 37.9 Å². The van der Waals surface area contributed by atoms with E-state index in [9.17, 15) is 10.1 Å². The van der Waals surface area contributed by atoms with Crippen LogP contribution in [0.25, 0.3) is 0 Å². The highest BCUT2D eigenvalue weighted by molar-refractivity contribution is 9.13. The normalized spacial score (nSPS) is 16.3. The summed E-state index contributed by atoms with van der Waals surface area (Å²) >= 11 is 7.14. The van der Waals surface area contributed by atoms with Crippen molar-refractivity contribution in [2.24, 2.45) is 5.73 Å². The molecule has 2 N–H and O–H groups in total. The monoisotopic (exact) mass is 542 g/mol. The minimum Gasteiger partial charge on any atom is -0.490 e. The Morgan fingerprint density at radius 1 is 1.30 bits per heavy atom. The molecule has 1 aromatic rings. The van der Waals surface area contributed by atoms with Gasteiger partial charge in [-0.05, 0) is 78.1 Å². The maximum Gasteiger partial charge on any atom is 0.338 e. The van der Waals surface area contributed by atoms with Gasteiger partial charge in [-0.1, -0.05) is 0 Å². The van der Waals surface area contributed by atoms with Crippen molar-refractivity contribution in [3.8, 4) is 17.6 Å². The molecule has 30 heavy (non-hydrogen) atoms. The first kappa shape index (κ1) is 24.1. The smallest absolute Gasteiger partial charge is 0.338 e. The van der Waals surface area contributed by atoms with E-state index in [1.165, 1.54) is 0 Å². The molecule has 0 aromatic heterocycles. The van der Waals surface area contributed by atoms with E-state index in [-0.39, 0.29) is 35.5 Å². The third-order valence-electron chi connectivity index (χ3n) is 4.22. The molecule has 1 aliphatic rings. The number of rotatable bonds is 7. The van der Waals surface area contributed by atoms with Crippen LogP contribution >= 0.6 is 31.9 Å². The molecule has 9 heteroatoms. The fourth-order valence-electron chi connectivity index (χ4n) is 3.09. The second kappa shape index (κ2) is 10.2. The Morgan fingerprint density at radius 2 is 1.97 bits per heavy atom. The number of nitrogens with two attached hydrogens (primary N) is 1. The second-order valence-corrected chi connectivity index (χ2v) is 8.22. The fraction of sp³-hybridized carbons (Fsp3) is 0.429. The van der Waals surface area contributed by atoms with Crippen LogP contribution in [-0.2, 0) is 14.3 Å². The van der Waals surface area contributed by atoms with E-state index in [0.717, 1.165) is 0 Å². The Morgan fingerprint density at radius 3 is 2.50 bits per heavy atom. The van der Waals surface area contributed by atoms with E-state index in [0.29, 0.717) is 32.6 Å². The van der Waals surface area contributed by atoms with E-state index < -0.39 is 11.9 Å². The fourth-order valence-corrected chi connectivity index (χ4v) is 4.13. The van der Waals surface area contributed by atoms with Gasteiger partial charge < -0.3 is 24.7 Å². The number of nitrogens with zero attached hydrogens (tertiary/aromatic N) is 1. The van der Waals surface area contributed by atoms with Crippen molar-refractivity contribution < 1.29 is 23.7 Å². The van der Waals surface area contributed by atoms with E-state index in [4.69, 9.17) is 24.7 Å². The summed E-state index contributed by atoms with van der Waals surface area (Å²) in [5.74, 6) is -0.178. The van der Waals surface area contributed by atoms with Crippen LogP contribution in [0.3, 0.4) is 0 Å². The Bertz CT molecular complexity index is 948. The highest BCUT2D eigenvalue weighted by Crippen LogP contribution is 2.50. The lowest BCUT2D eigenvalue weighted by atomic mass is 9.83. The Hall–Kier alpha value is -2.18. The van der Waals surface area contributed by atoms with Crippen LogP contribution < -0.4 is 15.2 Å². The zero-order valence-corrected chi connectivity index (χ0v) is 20.6. The van der Waals surface area contributed by atoms with E-state index in [1.807, 2.05) is 20.8 Å². The number of halogens is 2. The highest BCUT2D eigenvalue weighted by atomic mass is 79.9.